The van der Waals surface area contributed by atoms with Crippen LogP contribution in [-0.2, 0) is 4.84 Å². The van der Waals surface area contributed by atoms with Gasteiger partial charge in [0.15, 0.2) is 0 Å². The Morgan fingerprint density at radius 3 is 2.14 bits per heavy atom. The molecule has 0 amide bonds. The van der Waals surface area contributed by atoms with E-state index in [1.54, 1.807) is 0 Å². The van der Waals surface area contributed by atoms with E-state index in [0.717, 1.165) is 32.1 Å². The number of hydroxylamine groups is 1. The van der Waals surface area contributed by atoms with Crippen LogP contribution in [0.3, 0.4) is 0 Å². The molecule has 2 rings (SSSR count). The Hall–Kier alpha value is -1.36. The van der Waals surface area contributed by atoms with Crippen molar-refractivity contribution in [1.82, 2.24) is 9.80 Å². The summed E-state index contributed by atoms with van der Waals surface area (Å²) in [5, 5.41) is 2.02. The van der Waals surface area contributed by atoms with Crippen molar-refractivity contribution in [3.63, 3.8) is 0 Å². The quantitative estimate of drug-likeness (QED) is 0.429. The third-order valence-electron chi connectivity index (χ3n) is 5.94. The molecule has 1 aliphatic heterocycles. The second-order valence-electron chi connectivity index (χ2n) is 8.98. The van der Waals surface area contributed by atoms with Crippen molar-refractivity contribution in [3.05, 3.63) is 42.1 Å². The molecule has 164 valence electrons. The fourth-order valence-corrected chi connectivity index (χ4v) is 3.69. The van der Waals surface area contributed by atoms with Crippen LogP contribution in [0.25, 0.3) is 0 Å². The van der Waals surface area contributed by atoms with Gasteiger partial charge in [0, 0.05) is 31.4 Å². The maximum atomic E-state index is 6.39. The van der Waals surface area contributed by atoms with Crippen molar-refractivity contribution in [2.75, 3.05) is 31.4 Å². The lowest BCUT2D eigenvalue weighted by atomic mass is 10.0. The zero-order valence-electron chi connectivity index (χ0n) is 19.6. The van der Waals surface area contributed by atoms with Gasteiger partial charge >= 0.3 is 0 Å². The first-order valence-electron chi connectivity index (χ1n) is 11.6. The Labute approximate surface area is 179 Å². The Balaban J connectivity index is 2.18. The molecule has 1 aliphatic rings. The standard InChI is InChI=1S/C25H43N3O/c1-7-9-13-23(8-2)19-29-28(25-14-11-10-12-15-25)18-24-16-26(21(3)4)20-27(17-24)22(5)6/h10-12,14-15,18,21-23H,7-9,13,16-17,19-20H2,1-6H3. The summed E-state index contributed by atoms with van der Waals surface area (Å²) >= 11 is 0. The molecule has 1 aromatic rings. The first-order valence-corrected chi connectivity index (χ1v) is 11.6. The van der Waals surface area contributed by atoms with Crippen molar-refractivity contribution in [1.29, 1.82) is 0 Å². The smallest absolute Gasteiger partial charge is 0.0781 e. The number of hydrogen-bond acceptors (Lipinski definition) is 4. The summed E-state index contributed by atoms with van der Waals surface area (Å²) in [5.41, 5.74) is 2.51. The normalized spacial score (nSPS) is 17.2. The summed E-state index contributed by atoms with van der Waals surface area (Å²) in [4.78, 5) is 11.5. The first kappa shape index (κ1) is 23.9. The predicted octanol–water partition coefficient (Wildman–Crippen LogP) is 5.92. The number of para-hydroxylation sites is 1. The molecule has 1 fully saturated rings. The van der Waals surface area contributed by atoms with E-state index >= 15 is 0 Å². The Morgan fingerprint density at radius 1 is 1.00 bits per heavy atom. The van der Waals surface area contributed by atoms with Crippen LogP contribution in [0.15, 0.2) is 42.1 Å². The van der Waals surface area contributed by atoms with E-state index in [9.17, 15) is 0 Å². The minimum Gasteiger partial charge on any atom is -0.284 e. The van der Waals surface area contributed by atoms with Crippen molar-refractivity contribution in [2.24, 2.45) is 5.92 Å². The van der Waals surface area contributed by atoms with Crippen molar-refractivity contribution < 1.29 is 4.84 Å². The molecular weight excluding hydrogens is 358 g/mol. The number of unbranched alkanes of at least 4 members (excludes halogenated alkanes) is 1. The zero-order valence-corrected chi connectivity index (χ0v) is 19.6. The molecule has 1 atom stereocenters. The molecule has 4 heteroatoms. The molecule has 0 aliphatic carbocycles. The van der Waals surface area contributed by atoms with E-state index in [2.05, 4.69) is 87.9 Å². The summed E-state index contributed by atoms with van der Waals surface area (Å²) in [5.74, 6) is 0.616. The third-order valence-corrected chi connectivity index (χ3v) is 5.94. The van der Waals surface area contributed by atoms with Crippen molar-refractivity contribution in [3.8, 4) is 0 Å². The highest BCUT2D eigenvalue weighted by atomic mass is 16.7. The van der Waals surface area contributed by atoms with Crippen molar-refractivity contribution >= 4 is 5.69 Å². The van der Waals surface area contributed by atoms with E-state index in [1.165, 1.54) is 31.3 Å². The minimum absolute atomic E-state index is 0.532. The van der Waals surface area contributed by atoms with Gasteiger partial charge in [0.05, 0.1) is 19.0 Å². The lowest BCUT2D eigenvalue weighted by Gasteiger charge is -2.41. The van der Waals surface area contributed by atoms with Gasteiger partial charge in [0.2, 0.25) is 0 Å². The van der Waals surface area contributed by atoms with E-state index in [0.29, 0.717) is 18.0 Å². The minimum atomic E-state index is 0.532. The molecule has 0 bridgehead atoms. The van der Waals surface area contributed by atoms with Gasteiger partial charge in [0.25, 0.3) is 0 Å². The van der Waals surface area contributed by atoms with E-state index in [1.807, 2.05) is 5.06 Å². The van der Waals surface area contributed by atoms with Gasteiger partial charge in [-0.05, 0) is 57.7 Å². The Morgan fingerprint density at radius 2 is 1.62 bits per heavy atom. The maximum absolute atomic E-state index is 6.39. The number of hydrogen-bond donors (Lipinski definition) is 0. The number of benzene rings is 1. The molecule has 1 saturated heterocycles. The molecule has 1 unspecified atom stereocenters. The largest absolute Gasteiger partial charge is 0.284 e. The highest BCUT2D eigenvalue weighted by molar-refractivity contribution is 5.46. The number of nitrogens with zero attached hydrogens (tertiary/aromatic N) is 3. The van der Waals surface area contributed by atoms with E-state index in [4.69, 9.17) is 4.84 Å². The Bertz CT molecular complexity index is 581. The van der Waals surface area contributed by atoms with Crippen LogP contribution < -0.4 is 5.06 Å². The van der Waals surface area contributed by atoms with Crippen LogP contribution in [0.2, 0.25) is 0 Å². The molecule has 0 N–H and O–H groups in total. The molecule has 1 aromatic carbocycles. The summed E-state index contributed by atoms with van der Waals surface area (Å²) in [6, 6.07) is 11.6. The fourth-order valence-electron chi connectivity index (χ4n) is 3.69. The molecule has 29 heavy (non-hydrogen) atoms. The summed E-state index contributed by atoms with van der Waals surface area (Å²) in [6.07, 6.45) is 7.18. The van der Waals surface area contributed by atoms with Crippen LogP contribution in [-0.4, -0.2) is 48.2 Å². The molecular formula is C25H43N3O. The number of rotatable bonds is 11. The van der Waals surface area contributed by atoms with Gasteiger partial charge in [-0.1, -0.05) is 51.3 Å². The van der Waals surface area contributed by atoms with Crippen LogP contribution >= 0.6 is 0 Å². The highest BCUT2D eigenvalue weighted by Crippen LogP contribution is 2.22. The highest BCUT2D eigenvalue weighted by Gasteiger charge is 2.25. The lowest BCUT2D eigenvalue weighted by Crippen LogP contribution is -2.51. The average Bonchev–Trinajstić information content (AvgIpc) is 2.73. The number of anilines is 1. The van der Waals surface area contributed by atoms with Gasteiger partial charge in [-0.3, -0.25) is 14.6 Å². The first-order chi connectivity index (χ1) is 13.9. The van der Waals surface area contributed by atoms with Crippen LogP contribution in [0.1, 0.15) is 67.2 Å². The summed E-state index contributed by atoms with van der Waals surface area (Å²) in [6.45, 7) is 17.5. The third kappa shape index (κ3) is 7.76. The molecule has 4 nitrogen and oxygen atoms in total. The lowest BCUT2D eigenvalue weighted by molar-refractivity contribution is 0.0657. The van der Waals surface area contributed by atoms with Crippen LogP contribution in [0, 0.1) is 5.92 Å². The molecule has 0 radical (unpaired) electrons. The predicted molar refractivity (Wildman–Crippen MR) is 125 cm³/mol. The fraction of sp³-hybridized carbons (Fsp3) is 0.680. The second kappa shape index (κ2) is 12.4. The van der Waals surface area contributed by atoms with Crippen LogP contribution in [0.5, 0.6) is 0 Å². The molecule has 0 spiro atoms. The average molecular weight is 402 g/mol. The van der Waals surface area contributed by atoms with Gasteiger partial charge in [-0.2, -0.15) is 0 Å². The summed E-state index contributed by atoms with van der Waals surface area (Å²) < 4.78 is 0. The SMILES string of the molecule is CCCCC(CC)CON(C=C1CN(C(C)C)CN(C(C)C)C1)c1ccccc1. The van der Waals surface area contributed by atoms with E-state index < -0.39 is 0 Å². The van der Waals surface area contributed by atoms with Gasteiger partial charge in [-0.15, -0.1) is 0 Å². The molecule has 0 aromatic heterocycles. The topological polar surface area (TPSA) is 19.0 Å². The van der Waals surface area contributed by atoms with Gasteiger partial charge in [-0.25, -0.2) is 5.06 Å². The molecule has 0 saturated carbocycles. The Kier molecular flexibility index (Phi) is 10.2. The zero-order chi connectivity index (χ0) is 21.2. The van der Waals surface area contributed by atoms with Crippen molar-refractivity contribution in [2.45, 2.75) is 79.3 Å². The van der Waals surface area contributed by atoms with E-state index in [-0.39, 0.29) is 0 Å². The summed E-state index contributed by atoms with van der Waals surface area (Å²) in [7, 11) is 0. The van der Waals surface area contributed by atoms with Gasteiger partial charge < -0.3 is 0 Å². The van der Waals surface area contributed by atoms with Crippen LogP contribution in [0.4, 0.5) is 5.69 Å². The van der Waals surface area contributed by atoms with Gasteiger partial charge in [0.1, 0.15) is 0 Å². The maximum Gasteiger partial charge on any atom is 0.0781 e. The second-order valence-corrected chi connectivity index (χ2v) is 8.98. The monoisotopic (exact) mass is 401 g/mol. The molecule has 1 heterocycles.